The Kier molecular flexibility index (Phi) is 6.31. The van der Waals surface area contributed by atoms with Gasteiger partial charge >= 0.3 is 6.18 Å². The van der Waals surface area contributed by atoms with Gasteiger partial charge < -0.3 is 14.8 Å². The summed E-state index contributed by atoms with van der Waals surface area (Å²) in [5, 5.41) is 14.2. The second kappa shape index (κ2) is 8.83. The smallest absolute Gasteiger partial charge is 0.435 e. The summed E-state index contributed by atoms with van der Waals surface area (Å²) in [6.45, 7) is 4.63. The van der Waals surface area contributed by atoms with Gasteiger partial charge in [-0.15, -0.1) is 0 Å². The summed E-state index contributed by atoms with van der Waals surface area (Å²) in [6.07, 6.45) is -0.489. The number of aromatic nitrogens is 4. The van der Waals surface area contributed by atoms with Crippen LogP contribution >= 0.6 is 11.6 Å². The van der Waals surface area contributed by atoms with Crippen LogP contribution in [0.25, 0.3) is 22.2 Å². The molecule has 35 heavy (non-hydrogen) atoms. The highest BCUT2D eigenvalue weighted by Crippen LogP contribution is 2.42. The third-order valence-corrected chi connectivity index (χ3v) is 6.05. The molecule has 1 aromatic carbocycles. The van der Waals surface area contributed by atoms with Gasteiger partial charge in [-0.1, -0.05) is 18.5 Å². The predicted molar refractivity (Wildman–Crippen MR) is 124 cm³/mol. The number of ether oxygens (including phenoxy) is 1. The molecule has 2 N–H and O–H groups in total. The molecule has 0 aliphatic carbocycles. The Labute approximate surface area is 203 Å². The summed E-state index contributed by atoms with van der Waals surface area (Å²) in [5.74, 6) is -0.699. The van der Waals surface area contributed by atoms with Crippen molar-refractivity contribution >= 4 is 22.6 Å². The van der Waals surface area contributed by atoms with Gasteiger partial charge in [0.1, 0.15) is 17.2 Å². The Morgan fingerprint density at radius 3 is 2.60 bits per heavy atom. The van der Waals surface area contributed by atoms with Crippen LogP contribution < -0.4 is 4.74 Å². The van der Waals surface area contributed by atoms with Gasteiger partial charge in [-0.3, -0.25) is 4.68 Å². The number of aliphatic hydroxyl groups is 1. The van der Waals surface area contributed by atoms with Crippen LogP contribution in [-0.4, -0.2) is 37.6 Å². The van der Waals surface area contributed by atoms with Crippen LogP contribution in [0.4, 0.5) is 17.6 Å². The lowest BCUT2D eigenvalue weighted by Crippen LogP contribution is -2.26. The first-order valence-corrected chi connectivity index (χ1v) is 11.0. The fourth-order valence-corrected chi connectivity index (χ4v) is 4.45. The lowest BCUT2D eigenvalue weighted by molar-refractivity contribution is -0.141. The molecule has 0 aliphatic heterocycles. The minimum Gasteiger partial charge on any atom is -0.496 e. The molecule has 4 rings (SSSR count). The Balaban J connectivity index is 1.86. The summed E-state index contributed by atoms with van der Waals surface area (Å²) in [6, 6.07) is 4.25. The second-order valence-electron chi connectivity index (χ2n) is 8.96. The van der Waals surface area contributed by atoms with Crippen LogP contribution in [0.3, 0.4) is 0 Å². The second-order valence-corrected chi connectivity index (χ2v) is 9.34. The molecule has 0 radical (unpaired) electrons. The predicted octanol–water partition coefficient (Wildman–Crippen LogP) is 6.17. The minimum atomic E-state index is -4.72. The number of fused-ring (bicyclic) bond motifs is 1. The quantitative estimate of drug-likeness (QED) is 0.304. The molecule has 6 nitrogen and oxygen atoms in total. The summed E-state index contributed by atoms with van der Waals surface area (Å²) in [7, 11) is 1.44. The summed E-state index contributed by atoms with van der Waals surface area (Å²) >= 11 is 6.26. The van der Waals surface area contributed by atoms with Gasteiger partial charge in [0, 0.05) is 46.6 Å². The number of halogens is 5. The molecule has 186 valence electrons. The van der Waals surface area contributed by atoms with Crippen LogP contribution in [0.1, 0.15) is 43.5 Å². The van der Waals surface area contributed by atoms with Crippen molar-refractivity contribution in [2.45, 2.75) is 45.0 Å². The highest BCUT2D eigenvalue weighted by molar-refractivity contribution is 6.31. The van der Waals surface area contributed by atoms with Crippen molar-refractivity contribution in [2.24, 2.45) is 0 Å². The average molecular weight is 511 g/mol. The van der Waals surface area contributed by atoms with Gasteiger partial charge in [0.15, 0.2) is 5.69 Å². The van der Waals surface area contributed by atoms with Crippen LogP contribution in [0.5, 0.6) is 5.75 Å². The van der Waals surface area contributed by atoms with E-state index >= 15 is 0 Å². The van der Waals surface area contributed by atoms with E-state index < -0.39 is 29.2 Å². The Morgan fingerprint density at radius 2 is 1.97 bits per heavy atom. The van der Waals surface area contributed by atoms with E-state index in [0.29, 0.717) is 27.9 Å². The van der Waals surface area contributed by atoms with Crippen molar-refractivity contribution < 1.29 is 27.4 Å². The molecule has 3 aromatic heterocycles. The van der Waals surface area contributed by atoms with Gasteiger partial charge in [0.05, 0.1) is 24.3 Å². The Morgan fingerprint density at radius 1 is 1.26 bits per heavy atom. The Bertz CT molecular complexity index is 1390. The molecular weight excluding hydrogens is 488 g/mol. The highest BCUT2D eigenvalue weighted by atomic mass is 35.5. The number of H-pyrrole nitrogens is 1. The SMILES string of the molecule is COc1ccc(F)c(Cl)c1C(C)c1c[nH]c2ncc(-c3cn(CC(C)(C)O)nc3C(F)(F)F)cc12. The van der Waals surface area contributed by atoms with Crippen LogP contribution in [-0.2, 0) is 12.7 Å². The molecule has 0 saturated heterocycles. The van der Waals surface area contributed by atoms with E-state index in [-0.39, 0.29) is 22.7 Å². The molecule has 11 heteroatoms. The van der Waals surface area contributed by atoms with Gasteiger partial charge in [0.2, 0.25) is 0 Å². The largest absolute Gasteiger partial charge is 0.496 e. The molecular formula is C24H23ClF4N4O2. The van der Waals surface area contributed by atoms with E-state index in [1.54, 1.807) is 19.2 Å². The van der Waals surface area contributed by atoms with E-state index in [9.17, 15) is 22.7 Å². The van der Waals surface area contributed by atoms with Gasteiger partial charge in [-0.05, 0) is 37.6 Å². The number of benzene rings is 1. The first-order valence-electron chi connectivity index (χ1n) is 10.7. The zero-order valence-corrected chi connectivity index (χ0v) is 20.1. The van der Waals surface area contributed by atoms with Crippen molar-refractivity contribution in [3.05, 3.63) is 64.5 Å². The van der Waals surface area contributed by atoms with Crippen LogP contribution in [0.15, 0.2) is 36.8 Å². The maximum atomic E-state index is 14.2. The molecule has 0 aliphatic rings. The first-order chi connectivity index (χ1) is 16.3. The number of aromatic amines is 1. The number of rotatable bonds is 6. The summed E-state index contributed by atoms with van der Waals surface area (Å²) < 4.78 is 62.1. The van der Waals surface area contributed by atoms with Gasteiger partial charge in [-0.25, -0.2) is 9.37 Å². The molecule has 0 saturated carbocycles. The normalized spacial score (nSPS) is 13.4. The zero-order chi connectivity index (χ0) is 25.7. The monoisotopic (exact) mass is 510 g/mol. The van der Waals surface area contributed by atoms with E-state index in [1.807, 2.05) is 0 Å². The molecule has 0 spiro atoms. The van der Waals surface area contributed by atoms with Gasteiger partial charge in [0.25, 0.3) is 0 Å². The van der Waals surface area contributed by atoms with Crippen molar-refractivity contribution in [2.75, 3.05) is 7.11 Å². The highest BCUT2D eigenvalue weighted by Gasteiger charge is 2.38. The molecule has 1 atom stereocenters. The first kappa shape index (κ1) is 25.0. The number of hydrogen-bond acceptors (Lipinski definition) is 4. The summed E-state index contributed by atoms with van der Waals surface area (Å²) in [4.78, 5) is 7.30. The fraction of sp³-hybridized carbons (Fsp3) is 0.333. The van der Waals surface area contributed by atoms with Crippen molar-refractivity contribution in [1.82, 2.24) is 19.7 Å². The number of hydrogen-bond donors (Lipinski definition) is 2. The molecule has 0 fully saturated rings. The molecule has 0 bridgehead atoms. The van der Waals surface area contributed by atoms with E-state index in [2.05, 4.69) is 15.1 Å². The third-order valence-electron chi connectivity index (χ3n) is 5.67. The topological polar surface area (TPSA) is 76.0 Å². The van der Waals surface area contributed by atoms with E-state index in [1.165, 1.54) is 45.5 Å². The molecule has 3 heterocycles. The maximum absolute atomic E-state index is 14.2. The standard InChI is InChI=1S/C24H23ClF4N4O2/c1-12(19-18(35-4)6-5-17(26)20(19)25)15-9-31-22-14(15)7-13(8-30-22)16-10-33(11-23(2,3)34)32-21(16)24(27,28)29/h5-10,12,34H,11H2,1-4H3,(H,30,31). The Hall–Kier alpha value is -3.11. The fourth-order valence-electron chi connectivity index (χ4n) is 4.13. The number of pyridine rings is 1. The molecule has 0 amide bonds. The lowest BCUT2D eigenvalue weighted by atomic mass is 9.91. The number of nitrogens with zero attached hydrogens (tertiary/aromatic N) is 3. The average Bonchev–Trinajstić information content (AvgIpc) is 3.37. The van der Waals surface area contributed by atoms with Crippen LogP contribution in [0, 0.1) is 5.82 Å². The molecule has 4 aromatic rings. The third kappa shape index (κ3) is 4.85. The lowest BCUT2D eigenvalue weighted by Gasteiger charge is -2.17. The summed E-state index contributed by atoms with van der Waals surface area (Å²) in [5.41, 5.74) is -0.815. The van der Waals surface area contributed by atoms with Gasteiger partial charge in [-0.2, -0.15) is 18.3 Å². The van der Waals surface area contributed by atoms with Crippen molar-refractivity contribution in [3.63, 3.8) is 0 Å². The number of nitrogens with one attached hydrogen (secondary N) is 1. The minimum absolute atomic E-state index is 0.0948. The van der Waals surface area contributed by atoms with E-state index in [0.717, 1.165) is 4.68 Å². The number of alkyl halides is 3. The van der Waals surface area contributed by atoms with Crippen molar-refractivity contribution in [3.8, 4) is 16.9 Å². The number of methoxy groups -OCH3 is 1. The van der Waals surface area contributed by atoms with Crippen LogP contribution in [0.2, 0.25) is 5.02 Å². The van der Waals surface area contributed by atoms with E-state index in [4.69, 9.17) is 16.3 Å². The zero-order valence-electron chi connectivity index (χ0n) is 19.3. The molecule has 1 unspecified atom stereocenters. The van der Waals surface area contributed by atoms with Crippen molar-refractivity contribution in [1.29, 1.82) is 0 Å². The maximum Gasteiger partial charge on any atom is 0.435 e.